The van der Waals surface area contributed by atoms with Gasteiger partial charge in [0.1, 0.15) is 6.10 Å². The highest BCUT2D eigenvalue weighted by atomic mass is 16.5. The predicted octanol–water partition coefficient (Wildman–Crippen LogP) is 2.98. The molecule has 4 nitrogen and oxygen atoms in total. The maximum atomic E-state index is 12.2. The van der Waals surface area contributed by atoms with Gasteiger partial charge in [0.05, 0.1) is 12.0 Å². The zero-order chi connectivity index (χ0) is 14.8. The van der Waals surface area contributed by atoms with E-state index >= 15 is 0 Å². The van der Waals surface area contributed by atoms with Gasteiger partial charge in [0, 0.05) is 11.6 Å². The van der Waals surface area contributed by atoms with Crippen LogP contribution in [0.1, 0.15) is 61.1 Å². The molecule has 1 heterocycles. The third-order valence-corrected chi connectivity index (χ3v) is 4.53. The largest absolute Gasteiger partial charge is 0.453 e. The number of hydrogen-bond donors (Lipinski definition) is 1. The molecule has 0 spiro atoms. The molecule has 1 aliphatic heterocycles. The van der Waals surface area contributed by atoms with Gasteiger partial charge in [-0.1, -0.05) is 25.1 Å². The van der Waals surface area contributed by atoms with Gasteiger partial charge < -0.3 is 10.1 Å². The Morgan fingerprint density at radius 2 is 1.95 bits per heavy atom. The van der Waals surface area contributed by atoms with Crippen molar-refractivity contribution in [1.82, 2.24) is 5.32 Å². The average molecular weight is 287 g/mol. The molecule has 1 N–H and O–H groups in total. The zero-order valence-electron chi connectivity index (χ0n) is 12.3. The second-order valence-electron chi connectivity index (χ2n) is 6.21. The zero-order valence-corrected chi connectivity index (χ0v) is 12.3. The molecule has 1 amide bonds. The predicted molar refractivity (Wildman–Crippen MR) is 78.8 cm³/mol. The SMILES string of the molecule is CC1CCC(NC(=O)CC2OC(=O)c3ccccc32)CC1. The van der Waals surface area contributed by atoms with Crippen molar-refractivity contribution in [3.63, 3.8) is 0 Å². The number of carbonyl (C=O) groups excluding carboxylic acids is 2. The van der Waals surface area contributed by atoms with Gasteiger partial charge in [-0.05, 0) is 37.7 Å². The number of ether oxygens (including phenoxy) is 1. The average Bonchev–Trinajstić information content (AvgIpc) is 2.78. The van der Waals surface area contributed by atoms with Crippen LogP contribution in [-0.2, 0) is 9.53 Å². The minimum Gasteiger partial charge on any atom is -0.453 e. The van der Waals surface area contributed by atoms with Crippen molar-refractivity contribution in [2.24, 2.45) is 5.92 Å². The van der Waals surface area contributed by atoms with E-state index in [1.807, 2.05) is 18.2 Å². The first-order valence-corrected chi connectivity index (χ1v) is 7.72. The number of hydrogen-bond acceptors (Lipinski definition) is 3. The lowest BCUT2D eigenvalue weighted by molar-refractivity contribution is -0.124. The highest BCUT2D eigenvalue weighted by Gasteiger charge is 2.32. The fourth-order valence-corrected chi connectivity index (χ4v) is 3.23. The molecule has 0 aromatic heterocycles. The molecule has 0 radical (unpaired) electrons. The van der Waals surface area contributed by atoms with E-state index in [0.717, 1.165) is 24.3 Å². The van der Waals surface area contributed by atoms with Crippen molar-refractivity contribution in [1.29, 1.82) is 0 Å². The van der Waals surface area contributed by atoms with Crippen molar-refractivity contribution >= 4 is 11.9 Å². The van der Waals surface area contributed by atoms with E-state index in [9.17, 15) is 9.59 Å². The van der Waals surface area contributed by atoms with Gasteiger partial charge >= 0.3 is 5.97 Å². The van der Waals surface area contributed by atoms with Crippen molar-refractivity contribution in [2.75, 3.05) is 0 Å². The van der Waals surface area contributed by atoms with Crippen molar-refractivity contribution in [2.45, 2.75) is 51.2 Å². The quantitative estimate of drug-likeness (QED) is 0.870. The molecule has 21 heavy (non-hydrogen) atoms. The maximum Gasteiger partial charge on any atom is 0.339 e. The summed E-state index contributed by atoms with van der Waals surface area (Å²) < 4.78 is 5.31. The van der Waals surface area contributed by atoms with Crippen LogP contribution in [0, 0.1) is 5.92 Å². The van der Waals surface area contributed by atoms with Gasteiger partial charge in [-0.15, -0.1) is 0 Å². The maximum absolute atomic E-state index is 12.2. The van der Waals surface area contributed by atoms with Gasteiger partial charge in [-0.25, -0.2) is 4.79 Å². The molecule has 2 aliphatic rings. The Labute approximate surface area is 124 Å². The Morgan fingerprint density at radius 3 is 2.71 bits per heavy atom. The van der Waals surface area contributed by atoms with Crippen LogP contribution >= 0.6 is 0 Å². The molecule has 1 atom stereocenters. The monoisotopic (exact) mass is 287 g/mol. The molecular formula is C17H21NO3. The number of esters is 1. The summed E-state index contributed by atoms with van der Waals surface area (Å²) in [5.41, 5.74) is 1.41. The number of rotatable bonds is 3. The summed E-state index contributed by atoms with van der Waals surface area (Å²) in [6, 6.07) is 7.57. The van der Waals surface area contributed by atoms with E-state index < -0.39 is 6.10 Å². The lowest BCUT2D eigenvalue weighted by Crippen LogP contribution is -2.37. The molecule has 112 valence electrons. The van der Waals surface area contributed by atoms with Crippen molar-refractivity contribution < 1.29 is 14.3 Å². The van der Waals surface area contributed by atoms with Crippen molar-refractivity contribution in [3.8, 4) is 0 Å². The second kappa shape index (κ2) is 5.88. The normalized spacial score (nSPS) is 27.9. The minimum absolute atomic E-state index is 0.0240. The number of carbonyl (C=O) groups is 2. The van der Waals surface area contributed by atoms with Crippen LogP contribution in [-0.4, -0.2) is 17.9 Å². The topological polar surface area (TPSA) is 55.4 Å². The Morgan fingerprint density at radius 1 is 1.24 bits per heavy atom. The molecule has 4 heteroatoms. The molecule has 1 aliphatic carbocycles. The summed E-state index contributed by atoms with van der Waals surface area (Å²) in [5, 5.41) is 3.08. The summed E-state index contributed by atoms with van der Waals surface area (Å²) in [7, 11) is 0. The van der Waals surface area contributed by atoms with Crippen LogP contribution < -0.4 is 5.32 Å². The second-order valence-corrected chi connectivity index (χ2v) is 6.21. The number of benzene rings is 1. The first kappa shape index (κ1) is 14.1. The Hall–Kier alpha value is -1.84. The van der Waals surface area contributed by atoms with Crippen molar-refractivity contribution in [3.05, 3.63) is 35.4 Å². The molecule has 1 fully saturated rings. The Kier molecular flexibility index (Phi) is 3.95. The third kappa shape index (κ3) is 3.09. The van der Waals surface area contributed by atoms with Crippen LogP contribution in [0.5, 0.6) is 0 Å². The number of nitrogens with one attached hydrogen (secondary N) is 1. The summed E-state index contributed by atoms with van der Waals surface area (Å²) in [4.78, 5) is 23.9. The Balaban J connectivity index is 1.58. The number of fused-ring (bicyclic) bond motifs is 1. The van der Waals surface area contributed by atoms with Gasteiger partial charge in [0.15, 0.2) is 0 Å². The Bertz CT molecular complexity index is 547. The van der Waals surface area contributed by atoms with Crippen LogP contribution in [0.15, 0.2) is 24.3 Å². The molecule has 1 unspecified atom stereocenters. The van der Waals surface area contributed by atoms with Crippen LogP contribution in [0.2, 0.25) is 0 Å². The van der Waals surface area contributed by atoms with E-state index in [1.54, 1.807) is 6.07 Å². The fraction of sp³-hybridized carbons (Fsp3) is 0.529. The summed E-state index contributed by atoms with van der Waals surface area (Å²) in [6.45, 7) is 2.26. The molecule has 1 saturated carbocycles. The first-order valence-electron chi connectivity index (χ1n) is 7.72. The summed E-state index contributed by atoms with van der Waals surface area (Å²) in [6.07, 6.45) is 4.23. The highest BCUT2D eigenvalue weighted by Crippen LogP contribution is 2.33. The molecular weight excluding hydrogens is 266 g/mol. The standard InChI is InChI=1S/C17H21NO3/c1-11-6-8-12(9-7-11)18-16(19)10-15-13-4-2-3-5-14(13)17(20)21-15/h2-5,11-12,15H,6-10H2,1H3,(H,18,19). The van der Waals surface area contributed by atoms with E-state index in [2.05, 4.69) is 12.2 Å². The third-order valence-electron chi connectivity index (χ3n) is 4.53. The van der Waals surface area contributed by atoms with E-state index in [0.29, 0.717) is 5.56 Å². The van der Waals surface area contributed by atoms with E-state index in [1.165, 1.54) is 12.8 Å². The van der Waals surface area contributed by atoms with E-state index in [4.69, 9.17) is 4.74 Å². The van der Waals surface area contributed by atoms with Gasteiger partial charge in [-0.2, -0.15) is 0 Å². The summed E-state index contributed by atoms with van der Waals surface area (Å²) in [5.74, 6) is 0.416. The van der Waals surface area contributed by atoms with E-state index in [-0.39, 0.29) is 24.3 Å². The van der Waals surface area contributed by atoms with Gasteiger partial charge in [-0.3, -0.25) is 4.79 Å². The molecule has 1 aromatic carbocycles. The first-order chi connectivity index (χ1) is 10.1. The number of amides is 1. The van der Waals surface area contributed by atoms with Gasteiger partial charge in [0.2, 0.25) is 5.91 Å². The number of cyclic esters (lactones) is 1. The van der Waals surface area contributed by atoms with Gasteiger partial charge in [0.25, 0.3) is 0 Å². The van der Waals surface area contributed by atoms with Crippen LogP contribution in [0.3, 0.4) is 0 Å². The van der Waals surface area contributed by atoms with Crippen LogP contribution in [0.25, 0.3) is 0 Å². The molecule has 0 bridgehead atoms. The highest BCUT2D eigenvalue weighted by molar-refractivity contribution is 5.94. The van der Waals surface area contributed by atoms with Crippen LogP contribution in [0.4, 0.5) is 0 Å². The molecule has 3 rings (SSSR count). The lowest BCUT2D eigenvalue weighted by Gasteiger charge is -2.27. The molecule has 0 saturated heterocycles. The summed E-state index contributed by atoms with van der Waals surface area (Å²) >= 11 is 0. The minimum atomic E-state index is -0.434. The molecule has 1 aromatic rings. The fourth-order valence-electron chi connectivity index (χ4n) is 3.23. The lowest BCUT2D eigenvalue weighted by atomic mass is 9.87. The smallest absolute Gasteiger partial charge is 0.339 e.